The zero-order valence-electron chi connectivity index (χ0n) is 31.5. The summed E-state index contributed by atoms with van der Waals surface area (Å²) in [6.07, 6.45) is 5.97. The summed E-state index contributed by atoms with van der Waals surface area (Å²) in [6, 6.07) is 16.1. The number of carbonyl (C=O) groups is 4. The molecule has 0 bridgehead atoms. The maximum atomic E-state index is 13.8. The molecule has 4 amide bonds. The van der Waals surface area contributed by atoms with Crippen molar-refractivity contribution in [2.45, 2.75) is 83.1 Å². The van der Waals surface area contributed by atoms with Crippen LogP contribution < -0.4 is 10.6 Å². The van der Waals surface area contributed by atoms with Gasteiger partial charge >= 0.3 is 12.2 Å². The van der Waals surface area contributed by atoms with Crippen LogP contribution in [0.2, 0.25) is 0 Å². The zero-order valence-corrected chi connectivity index (χ0v) is 31.5. The van der Waals surface area contributed by atoms with E-state index in [0.29, 0.717) is 18.3 Å². The third-order valence-corrected chi connectivity index (χ3v) is 11.8. The van der Waals surface area contributed by atoms with E-state index in [2.05, 4.69) is 69.1 Å². The molecule has 0 spiro atoms. The van der Waals surface area contributed by atoms with Crippen LogP contribution in [0.4, 0.5) is 9.59 Å². The number of nitrogens with zero attached hydrogens (tertiary/aromatic N) is 4. The van der Waals surface area contributed by atoms with Crippen molar-refractivity contribution in [3.05, 3.63) is 72.6 Å². The van der Waals surface area contributed by atoms with E-state index in [9.17, 15) is 19.2 Å². The number of rotatable bonds is 12. The topological polar surface area (TPSA) is 186 Å². The summed E-state index contributed by atoms with van der Waals surface area (Å²) in [5.41, 5.74) is 5.88. The maximum Gasteiger partial charge on any atom is 0.407 e. The molecule has 2 aromatic heterocycles. The van der Waals surface area contributed by atoms with Gasteiger partial charge in [0.25, 0.3) is 0 Å². The van der Waals surface area contributed by atoms with E-state index in [4.69, 9.17) is 19.8 Å². The Kier molecular flexibility index (Phi) is 9.60. The van der Waals surface area contributed by atoms with Crippen LogP contribution in [0.5, 0.6) is 0 Å². The first-order valence-electron chi connectivity index (χ1n) is 19.2. The summed E-state index contributed by atoms with van der Waals surface area (Å²) < 4.78 is 4.79. The van der Waals surface area contributed by atoms with Crippen molar-refractivity contribution >= 4 is 24.0 Å². The number of aromatic nitrogens is 4. The average molecular weight is 749 g/mol. The number of fused-ring (bicyclic) bond motifs is 2. The quantitative estimate of drug-likeness (QED) is 0.115. The number of piperidine rings is 2. The largest absolute Gasteiger partial charge is 0.465 e. The number of hydrogen-bond donors (Lipinski definition) is 5. The molecule has 4 heterocycles. The number of alkyl carbamates (subject to hydrolysis) is 1. The van der Waals surface area contributed by atoms with E-state index in [0.717, 1.165) is 71.0 Å². The minimum absolute atomic E-state index is 0.0471. The SMILES string of the molecule is COC(=O)N[C@H](C(=O)N1[C@@H](c2ncc(-c3ccc(-c4ccc(-c5cnc([C@H]6C[C@H]7C[C@H]7N6C(=O)CC(C)CNC(=O)O)[nH]5)cc4)cc3)[nH]2)C[C@@H]2C[C@H]21)C(C)C. The lowest BCUT2D eigenvalue weighted by Crippen LogP contribution is -2.52. The molecule has 2 aliphatic heterocycles. The number of likely N-dealkylation sites (tertiary alicyclic amines) is 2. The summed E-state index contributed by atoms with van der Waals surface area (Å²) in [5, 5.41) is 14.0. The molecule has 4 fully saturated rings. The Morgan fingerprint density at radius 1 is 0.782 bits per heavy atom. The first kappa shape index (κ1) is 36.3. The minimum atomic E-state index is -1.08. The highest BCUT2D eigenvalue weighted by Gasteiger charge is 2.57. The Bertz CT molecular complexity index is 2080. The number of aromatic amines is 2. The van der Waals surface area contributed by atoms with Crippen molar-refractivity contribution in [2.75, 3.05) is 13.7 Å². The van der Waals surface area contributed by atoms with Crippen molar-refractivity contribution in [3.63, 3.8) is 0 Å². The predicted octanol–water partition coefficient (Wildman–Crippen LogP) is 6.13. The fourth-order valence-electron chi connectivity index (χ4n) is 8.66. The molecule has 2 saturated carbocycles. The molecule has 2 aromatic carbocycles. The van der Waals surface area contributed by atoms with Crippen molar-refractivity contribution < 1.29 is 29.0 Å². The maximum absolute atomic E-state index is 13.8. The van der Waals surface area contributed by atoms with Crippen LogP contribution in [-0.2, 0) is 14.3 Å². The van der Waals surface area contributed by atoms with E-state index < -0.39 is 18.2 Å². The normalized spacial score (nSPS) is 24.5. The van der Waals surface area contributed by atoms with Gasteiger partial charge in [-0.1, -0.05) is 69.3 Å². The van der Waals surface area contributed by atoms with Crippen LogP contribution >= 0.6 is 0 Å². The van der Waals surface area contributed by atoms with E-state index in [1.807, 2.05) is 43.0 Å². The number of H-pyrrole nitrogens is 2. The number of amides is 4. The van der Waals surface area contributed by atoms with Gasteiger partial charge in [0, 0.05) is 25.0 Å². The lowest BCUT2D eigenvalue weighted by molar-refractivity contribution is -0.137. The lowest BCUT2D eigenvalue weighted by Gasteiger charge is -2.31. The average Bonchev–Trinajstić information content (AvgIpc) is 3.77. The molecule has 8 rings (SSSR count). The molecule has 288 valence electrons. The van der Waals surface area contributed by atoms with Crippen LogP contribution in [0.3, 0.4) is 0 Å². The smallest absolute Gasteiger partial charge is 0.407 e. The van der Waals surface area contributed by atoms with Crippen molar-refractivity contribution in [1.29, 1.82) is 0 Å². The first-order valence-corrected chi connectivity index (χ1v) is 19.2. The van der Waals surface area contributed by atoms with E-state index >= 15 is 0 Å². The Morgan fingerprint density at radius 2 is 1.27 bits per heavy atom. The summed E-state index contributed by atoms with van der Waals surface area (Å²) >= 11 is 0. The van der Waals surface area contributed by atoms with Crippen LogP contribution in [0.15, 0.2) is 60.9 Å². The number of imidazole rings is 2. The predicted molar refractivity (Wildman–Crippen MR) is 203 cm³/mol. The number of carboxylic acid groups (broad SMARTS) is 1. The zero-order chi connectivity index (χ0) is 38.5. The fourth-order valence-corrected chi connectivity index (χ4v) is 8.66. The third kappa shape index (κ3) is 7.29. The van der Waals surface area contributed by atoms with Gasteiger partial charge in [0.15, 0.2) is 0 Å². The molecule has 4 aliphatic rings. The highest BCUT2D eigenvalue weighted by molar-refractivity contribution is 5.87. The molecule has 8 atom stereocenters. The second kappa shape index (κ2) is 14.5. The summed E-state index contributed by atoms with van der Waals surface area (Å²) in [4.78, 5) is 70.3. The first-order chi connectivity index (χ1) is 26.5. The van der Waals surface area contributed by atoms with Gasteiger partial charge in [0.05, 0.1) is 43.0 Å². The fraction of sp³-hybridized carbons (Fsp3) is 0.463. The Labute approximate surface area is 319 Å². The highest BCUT2D eigenvalue weighted by atomic mass is 16.5. The van der Waals surface area contributed by atoms with E-state index in [1.165, 1.54) is 7.11 Å². The number of hydrogen-bond acceptors (Lipinski definition) is 7. The molecular formula is C41H48N8O6. The molecule has 14 nitrogen and oxygen atoms in total. The lowest BCUT2D eigenvalue weighted by atomic mass is 10.0. The van der Waals surface area contributed by atoms with Gasteiger partial charge in [-0.15, -0.1) is 0 Å². The van der Waals surface area contributed by atoms with E-state index in [-0.39, 0.29) is 54.4 Å². The molecule has 2 aliphatic carbocycles. The van der Waals surface area contributed by atoms with Gasteiger partial charge in [0.1, 0.15) is 17.7 Å². The van der Waals surface area contributed by atoms with Gasteiger partial charge in [-0.3, -0.25) is 9.59 Å². The number of benzene rings is 2. The molecule has 55 heavy (non-hydrogen) atoms. The van der Waals surface area contributed by atoms with Gasteiger partial charge in [-0.2, -0.15) is 0 Å². The van der Waals surface area contributed by atoms with Crippen LogP contribution in [0, 0.1) is 23.7 Å². The number of ether oxygens (including phenoxy) is 1. The van der Waals surface area contributed by atoms with Crippen LogP contribution in [0.1, 0.15) is 76.6 Å². The highest BCUT2D eigenvalue weighted by Crippen LogP contribution is 2.54. The van der Waals surface area contributed by atoms with Crippen LogP contribution in [0.25, 0.3) is 33.6 Å². The molecular weight excluding hydrogens is 701 g/mol. The van der Waals surface area contributed by atoms with Crippen molar-refractivity contribution in [2.24, 2.45) is 23.7 Å². The summed E-state index contributed by atoms with van der Waals surface area (Å²) in [6.45, 7) is 5.97. The van der Waals surface area contributed by atoms with Gasteiger partial charge < -0.3 is 40.2 Å². The molecule has 14 heteroatoms. The number of carbonyl (C=O) groups excluding carboxylic acids is 3. The van der Waals surface area contributed by atoms with Gasteiger partial charge in [-0.25, -0.2) is 19.6 Å². The Morgan fingerprint density at radius 3 is 1.76 bits per heavy atom. The van der Waals surface area contributed by atoms with Gasteiger partial charge in [-0.05, 0) is 71.6 Å². The molecule has 2 saturated heterocycles. The molecule has 5 N–H and O–H groups in total. The standard InChI is InChI=1S/C41H48N8O6/c1-21(2)36(47-41(54)55-4)39(51)49-32-15-28(32)17-34(49)38-43-20-30(46-38)26-11-7-24(8-12-26)23-5-9-25(10-6-23)29-19-42-37(45-29)33-16-27-14-31(27)48(33)35(50)13-22(3)18-44-40(52)53/h5-12,19-22,27-28,31-34,36,44H,13-18H2,1-4H3,(H,42,45)(H,43,46)(H,47,54)(H,52,53)/t22?,27-,28+,31-,32-,33-,34-,36+/m1/s1. The molecule has 4 aromatic rings. The summed E-state index contributed by atoms with van der Waals surface area (Å²) in [7, 11) is 1.30. The van der Waals surface area contributed by atoms with Crippen LogP contribution in [-0.4, -0.2) is 90.6 Å². The Hall–Kier alpha value is -5.66. The molecule has 0 radical (unpaired) electrons. The molecule has 1 unspecified atom stereocenters. The van der Waals surface area contributed by atoms with Gasteiger partial charge in [0.2, 0.25) is 11.8 Å². The minimum Gasteiger partial charge on any atom is -0.465 e. The summed E-state index contributed by atoms with van der Waals surface area (Å²) in [5.74, 6) is 2.24. The second-order valence-corrected chi connectivity index (χ2v) is 16.0. The van der Waals surface area contributed by atoms with Crippen molar-refractivity contribution in [1.82, 2.24) is 40.4 Å². The number of methoxy groups -OCH3 is 1. The number of nitrogens with one attached hydrogen (secondary N) is 4. The van der Waals surface area contributed by atoms with Crippen molar-refractivity contribution in [3.8, 4) is 33.6 Å². The van der Waals surface area contributed by atoms with E-state index in [1.54, 1.807) is 0 Å². The third-order valence-electron chi connectivity index (χ3n) is 11.8. The second-order valence-electron chi connectivity index (χ2n) is 16.0. The Balaban J connectivity index is 0.912. The monoisotopic (exact) mass is 748 g/mol.